The van der Waals surface area contributed by atoms with Crippen molar-refractivity contribution in [2.45, 2.75) is 46.5 Å². The van der Waals surface area contributed by atoms with Crippen molar-refractivity contribution in [1.29, 1.82) is 0 Å². The van der Waals surface area contributed by atoms with Crippen LogP contribution in [0.15, 0.2) is 18.2 Å². The standard InChI is InChI=1S/C20H29NO4/c1-4-24-18-9-6-15(13-19(18)25-5-2)10-11-21-20(23)16-7-8-17(22)14(3)12-16/h6,9,13-14,16H,4-5,7-8,10-12H2,1-3H3,(H,21,23)/t14-,16-/m0/s1. The minimum absolute atomic E-state index is 0.00404. The normalized spacial score (nSPS) is 20.2. The smallest absolute Gasteiger partial charge is 0.223 e. The highest BCUT2D eigenvalue weighted by molar-refractivity contribution is 5.85. The SMILES string of the molecule is CCOc1ccc(CCNC(=O)[C@H]2CCC(=O)[C@@H](C)C2)cc1OCC. The maximum Gasteiger partial charge on any atom is 0.223 e. The molecule has 0 aromatic heterocycles. The Labute approximate surface area is 150 Å². The predicted molar refractivity (Wildman–Crippen MR) is 97.0 cm³/mol. The van der Waals surface area contributed by atoms with Gasteiger partial charge in [0.25, 0.3) is 0 Å². The Morgan fingerprint density at radius 1 is 1.20 bits per heavy atom. The van der Waals surface area contributed by atoms with Crippen LogP contribution in [0.4, 0.5) is 0 Å². The van der Waals surface area contributed by atoms with Crippen LogP contribution in [0.5, 0.6) is 11.5 Å². The maximum absolute atomic E-state index is 12.3. The molecule has 1 aliphatic rings. The molecule has 1 fully saturated rings. The summed E-state index contributed by atoms with van der Waals surface area (Å²) in [6, 6.07) is 5.89. The summed E-state index contributed by atoms with van der Waals surface area (Å²) in [4.78, 5) is 23.8. The van der Waals surface area contributed by atoms with E-state index in [1.54, 1.807) is 0 Å². The fourth-order valence-electron chi connectivity index (χ4n) is 3.20. The number of ether oxygens (including phenoxy) is 2. The summed E-state index contributed by atoms with van der Waals surface area (Å²) in [7, 11) is 0. The van der Waals surface area contributed by atoms with Crippen molar-refractivity contribution in [3.63, 3.8) is 0 Å². The topological polar surface area (TPSA) is 64.6 Å². The van der Waals surface area contributed by atoms with Gasteiger partial charge < -0.3 is 14.8 Å². The molecule has 1 aromatic carbocycles. The van der Waals surface area contributed by atoms with Gasteiger partial charge in [0.1, 0.15) is 5.78 Å². The van der Waals surface area contributed by atoms with Crippen molar-refractivity contribution in [1.82, 2.24) is 5.32 Å². The van der Waals surface area contributed by atoms with Crippen LogP contribution in [0.25, 0.3) is 0 Å². The Morgan fingerprint density at radius 2 is 1.92 bits per heavy atom. The van der Waals surface area contributed by atoms with Gasteiger partial charge in [-0.1, -0.05) is 13.0 Å². The fourth-order valence-corrected chi connectivity index (χ4v) is 3.20. The molecule has 0 unspecified atom stereocenters. The van der Waals surface area contributed by atoms with Crippen molar-refractivity contribution < 1.29 is 19.1 Å². The molecule has 1 N–H and O–H groups in total. The van der Waals surface area contributed by atoms with E-state index in [4.69, 9.17) is 9.47 Å². The van der Waals surface area contributed by atoms with E-state index in [-0.39, 0.29) is 23.5 Å². The van der Waals surface area contributed by atoms with Crippen LogP contribution < -0.4 is 14.8 Å². The Balaban J connectivity index is 1.85. The second-order valence-corrected chi connectivity index (χ2v) is 6.53. The highest BCUT2D eigenvalue weighted by atomic mass is 16.5. The highest BCUT2D eigenvalue weighted by Crippen LogP contribution is 2.29. The predicted octanol–water partition coefficient (Wildman–Crippen LogP) is 3.15. The molecule has 0 aliphatic heterocycles. The lowest BCUT2D eigenvalue weighted by molar-refractivity contribution is -0.130. The van der Waals surface area contributed by atoms with Gasteiger partial charge in [-0.25, -0.2) is 0 Å². The van der Waals surface area contributed by atoms with Crippen LogP contribution in [-0.2, 0) is 16.0 Å². The van der Waals surface area contributed by atoms with Crippen LogP contribution in [0.2, 0.25) is 0 Å². The quantitative estimate of drug-likeness (QED) is 0.784. The van der Waals surface area contributed by atoms with Gasteiger partial charge in [-0.3, -0.25) is 9.59 Å². The third-order valence-corrected chi connectivity index (χ3v) is 4.62. The van der Waals surface area contributed by atoms with E-state index in [0.717, 1.165) is 23.5 Å². The number of benzene rings is 1. The molecule has 25 heavy (non-hydrogen) atoms. The van der Waals surface area contributed by atoms with Gasteiger partial charge in [-0.05, 0) is 50.8 Å². The molecule has 0 heterocycles. The molecule has 1 aliphatic carbocycles. The molecule has 1 saturated carbocycles. The number of nitrogens with one attached hydrogen (secondary N) is 1. The van der Waals surface area contributed by atoms with Gasteiger partial charge in [0, 0.05) is 24.8 Å². The van der Waals surface area contributed by atoms with Gasteiger partial charge in [-0.15, -0.1) is 0 Å². The molecule has 138 valence electrons. The molecule has 0 bridgehead atoms. The van der Waals surface area contributed by atoms with Crippen molar-refractivity contribution in [3.05, 3.63) is 23.8 Å². The summed E-state index contributed by atoms with van der Waals surface area (Å²) in [6.07, 6.45) is 2.60. The second kappa shape index (κ2) is 9.44. The summed E-state index contributed by atoms with van der Waals surface area (Å²) in [5, 5.41) is 3.01. The molecular weight excluding hydrogens is 318 g/mol. The number of ketones is 1. The van der Waals surface area contributed by atoms with E-state index in [1.807, 2.05) is 39.0 Å². The molecule has 1 amide bonds. The fraction of sp³-hybridized carbons (Fsp3) is 0.600. The number of amides is 1. The zero-order valence-electron chi connectivity index (χ0n) is 15.5. The molecule has 2 atom stereocenters. The summed E-state index contributed by atoms with van der Waals surface area (Å²) in [5.74, 6) is 1.80. The average Bonchev–Trinajstić information content (AvgIpc) is 2.60. The van der Waals surface area contributed by atoms with Crippen LogP contribution in [0.3, 0.4) is 0 Å². The first-order valence-corrected chi connectivity index (χ1v) is 9.24. The van der Waals surface area contributed by atoms with E-state index in [9.17, 15) is 9.59 Å². The first-order valence-electron chi connectivity index (χ1n) is 9.24. The van der Waals surface area contributed by atoms with Gasteiger partial charge in [-0.2, -0.15) is 0 Å². The summed E-state index contributed by atoms with van der Waals surface area (Å²) >= 11 is 0. The lowest BCUT2D eigenvalue weighted by Gasteiger charge is -2.24. The minimum atomic E-state index is -0.0352. The molecular formula is C20H29NO4. The first-order chi connectivity index (χ1) is 12.0. The van der Waals surface area contributed by atoms with Gasteiger partial charge >= 0.3 is 0 Å². The summed E-state index contributed by atoms with van der Waals surface area (Å²) in [6.45, 7) is 7.56. The lowest BCUT2D eigenvalue weighted by atomic mass is 9.81. The lowest BCUT2D eigenvalue weighted by Crippen LogP contribution is -2.36. The van der Waals surface area contributed by atoms with E-state index in [1.165, 1.54) is 0 Å². The Bertz CT molecular complexity index is 599. The molecule has 0 spiro atoms. The third kappa shape index (κ3) is 5.48. The second-order valence-electron chi connectivity index (χ2n) is 6.53. The van der Waals surface area contributed by atoms with Crippen molar-refractivity contribution >= 4 is 11.7 Å². The summed E-state index contributed by atoms with van der Waals surface area (Å²) in [5.41, 5.74) is 1.10. The van der Waals surface area contributed by atoms with Crippen molar-refractivity contribution in [2.24, 2.45) is 11.8 Å². The first kappa shape index (κ1) is 19.3. The number of hydrogen-bond donors (Lipinski definition) is 1. The van der Waals surface area contributed by atoms with Crippen LogP contribution >= 0.6 is 0 Å². The van der Waals surface area contributed by atoms with E-state index in [0.29, 0.717) is 39.0 Å². The average molecular weight is 347 g/mol. The zero-order chi connectivity index (χ0) is 18.2. The van der Waals surface area contributed by atoms with Crippen LogP contribution in [-0.4, -0.2) is 31.4 Å². The number of rotatable bonds is 8. The number of carbonyl (C=O) groups is 2. The van der Waals surface area contributed by atoms with Gasteiger partial charge in [0.15, 0.2) is 11.5 Å². The van der Waals surface area contributed by atoms with E-state index < -0.39 is 0 Å². The van der Waals surface area contributed by atoms with Crippen molar-refractivity contribution in [3.8, 4) is 11.5 Å². The number of Topliss-reactive ketones (excluding diaryl/α,β-unsaturated/α-hetero) is 1. The molecule has 2 rings (SSSR count). The number of hydrogen-bond acceptors (Lipinski definition) is 4. The van der Waals surface area contributed by atoms with Crippen LogP contribution in [0, 0.1) is 11.8 Å². The molecule has 0 saturated heterocycles. The highest BCUT2D eigenvalue weighted by Gasteiger charge is 2.29. The van der Waals surface area contributed by atoms with Crippen LogP contribution in [0.1, 0.15) is 45.6 Å². The largest absolute Gasteiger partial charge is 0.490 e. The van der Waals surface area contributed by atoms with Gasteiger partial charge in [0.05, 0.1) is 13.2 Å². The molecule has 0 radical (unpaired) electrons. The zero-order valence-corrected chi connectivity index (χ0v) is 15.5. The maximum atomic E-state index is 12.3. The van der Waals surface area contributed by atoms with E-state index >= 15 is 0 Å². The Kier molecular flexibility index (Phi) is 7.29. The number of carbonyl (C=O) groups excluding carboxylic acids is 2. The molecule has 5 nitrogen and oxygen atoms in total. The van der Waals surface area contributed by atoms with Crippen molar-refractivity contribution in [2.75, 3.05) is 19.8 Å². The third-order valence-electron chi connectivity index (χ3n) is 4.62. The Hall–Kier alpha value is -2.04. The molecule has 1 aromatic rings. The minimum Gasteiger partial charge on any atom is -0.490 e. The molecule has 5 heteroatoms. The monoisotopic (exact) mass is 347 g/mol. The van der Waals surface area contributed by atoms with Gasteiger partial charge in [0.2, 0.25) is 5.91 Å². The van der Waals surface area contributed by atoms with E-state index in [2.05, 4.69) is 5.32 Å². The summed E-state index contributed by atoms with van der Waals surface area (Å²) < 4.78 is 11.2. The Morgan fingerprint density at radius 3 is 2.60 bits per heavy atom.